The minimum atomic E-state index is -0.347. The highest BCUT2D eigenvalue weighted by molar-refractivity contribution is 5.85. The van der Waals surface area contributed by atoms with Crippen LogP contribution in [-0.2, 0) is 9.53 Å². The Morgan fingerprint density at radius 3 is 2.81 bits per heavy atom. The number of amides is 1. The topological polar surface area (TPSA) is 55.6 Å². The Hall–Kier alpha value is -1.39. The van der Waals surface area contributed by atoms with Crippen LogP contribution in [0.5, 0.6) is 0 Å². The Balaban J connectivity index is 1.91. The molecular formula is C12H14N2O2. The number of benzene rings is 1. The highest BCUT2D eigenvalue weighted by Gasteiger charge is 2.46. The fourth-order valence-electron chi connectivity index (χ4n) is 2.49. The number of rotatable bonds is 1. The molecule has 2 N–H and O–H groups in total. The third-order valence-electron chi connectivity index (χ3n) is 3.27. The van der Waals surface area contributed by atoms with E-state index in [1.54, 1.807) is 4.90 Å². The van der Waals surface area contributed by atoms with Crippen molar-refractivity contribution >= 4 is 5.91 Å². The zero-order chi connectivity index (χ0) is 11.1. The fourth-order valence-corrected chi connectivity index (χ4v) is 2.49. The summed E-state index contributed by atoms with van der Waals surface area (Å²) in [5.74, 6) is 0.0105. The molecule has 0 saturated carbocycles. The molecule has 2 fully saturated rings. The molecule has 3 atom stereocenters. The van der Waals surface area contributed by atoms with Crippen LogP contribution in [0, 0.1) is 0 Å². The molecule has 84 valence electrons. The fraction of sp³-hybridized carbons (Fsp3) is 0.417. The van der Waals surface area contributed by atoms with Gasteiger partial charge in [0.2, 0.25) is 5.91 Å². The van der Waals surface area contributed by atoms with Crippen molar-refractivity contribution in [1.82, 2.24) is 4.90 Å². The van der Waals surface area contributed by atoms with E-state index < -0.39 is 0 Å². The predicted octanol–water partition coefficient (Wildman–Crippen LogP) is 0.644. The first-order valence-electron chi connectivity index (χ1n) is 5.51. The Bertz CT molecular complexity index is 407. The summed E-state index contributed by atoms with van der Waals surface area (Å²) in [5, 5.41) is 0. The first-order chi connectivity index (χ1) is 7.77. The van der Waals surface area contributed by atoms with Crippen molar-refractivity contribution in [3.05, 3.63) is 35.9 Å². The van der Waals surface area contributed by atoms with Crippen LogP contribution in [0.4, 0.5) is 0 Å². The van der Waals surface area contributed by atoms with Gasteiger partial charge >= 0.3 is 0 Å². The molecule has 1 amide bonds. The summed E-state index contributed by atoms with van der Waals surface area (Å²) >= 11 is 0. The lowest BCUT2D eigenvalue weighted by Gasteiger charge is -2.22. The second-order valence-corrected chi connectivity index (χ2v) is 4.34. The molecule has 1 unspecified atom stereocenters. The number of ether oxygens (including phenoxy) is 1. The molecule has 0 aromatic heterocycles. The molecule has 2 heterocycles. The number of nitrogens with zero attached hydrogens (tertiary/aromatic N) is 1. The van der Waals surface area contributed by atoms with Gasteiger partial charge in [0.25, 0.3) is 0 Å². The largest absolute Gasteiger partial charge is 0.352 e. The summed E-state index contributed by atoms with van der Waals surface area (Å²) in [6.07, 6.45) is 0.467. The maximum atomic E-state index is 11.9. The van der Waals surface area contributed by atoms with E-state index in [4.69, 9.17) is 10.5 Å². The van der Waals surface area contributed by atoms with Crippen molar-refractivity contribution in [2.24, 2.45) is 5.73 Å². The maximum absolute atomic E-state index is 11.9. The van der Waals surface area contributed by atoms with Crippen LogP contribution in [0.15, 0.2) is 30.3 Å². The molecule has 3 rings (SSSR count). The van der Waals surface area contributed by atoms with Crippen molar-refractivity contribution in [3.8, 4) is 0 Å². The van der Waals surface area contributed by atoms with Gasteiger partial charge < -0.3 is 15.4 Å². The van der Waals surface area contributed by atoms with Crippen molar-refractivity contribution < 1.29 is 9.53 Å². The SMILES string of the molecule is N[C@H]1CC2CO[C@H](c3ccccc3)N2C1=O. The van der Waals surface area contributed by atoms with E-state index in [1.807, 2.05) is 30.3 Å². The summed E-state index contributed by atoms with van der Waals surface area (Å²) in [6.45, 7) is 0.596. The van der Waals surface area contributed by atoms with E-state index in [0.29, 0.717) is 13.0 Å². The zero-order valence-corrected chi connectivity index (χ0v) is 8.87. The van der Waals surface area contributed by atoms with Crippen LogP contribution < -0.4 is 5.73 Å². The molecule has 0 aliphatic carbocycles. The third kappa shape index (κ3) is 1.34. The average molecular weight is 218 g/mol. The number of carbonyl (C=O) groups excluding carboxylic acids is 1. The van der Waals surface area contributed by atoms with E-state index in [0.717, 1.165) is 5.56 Å². The van der Waals surface area contributed by atoms with Gasteiger partial charge in [-0.3, -0.25) is 4.79 Å². The van der Waals surface area contributed by atoms with Gasteiger partial charge in [-0.05, 0) is 6.42 Å². The maximum Gasteiger partial charge on any atom is 0.242 e. The second-order valence-electron chi connectivity index (χ2n) is 4.34. The third-order valence-corrected chi connectivity index (χ3v) is 3.27. The van der Waals surface area contributed by atoms with Crippen LogP contribution >= 0.6 is 0 Å². The summed E-state index contributed by atoms with van der Waals surface area (Å²) < 4.78 is 5.67. The molecule has 0 radical (unpaired) electrons. The van der Waals surface area contributed by atoms with E-state index in [1.165, 1.54) is 0 Å². The van der Waals surface area contributed by atoms with Crippen molar-refractivity contribution in [2.75, 3.05) is 6.61 Å². The van der Waals surface area contributed by atoms with Crippen LogP contribution in [0.3, 0.4) is 0 Å². The number of hydrogen-bond donors (Lipinski definition) is 1. The molecule has 2 aliphatic heterocycles. The molecule has 16 heavy (non-hydrogen) atoms. The first kappa shape index (κ1) is 9.81. The molecule has 0 spiro atoms. The van der Waals surface area contributed by atoms with Crippen LogP contribution in [0.1, 0.15) is 18.2 Å². The number of fused-ring (bicyclic) bond motifs is 1. The van der Waals surface area contributed by atoms with Gasteiger partial charge in [-0.25, -0.2) is 0 Å². The number of nitrogens with two attached hydrogens (primary N) is 1. The Kier molecular flexibility index (Phi) is 2.19. The summed E-state index contributed by atoms with van der Waals surface area (Å²) in [6, 6.07) is 9.62. The molecule has 4 heteroatoms. The molecule has 2 saturated heterocycles. The van der Waals surface area contributed by atoms with Gasteiger partial charge in [0.05, 0.1) is 18.7 Å². The smallest absolute Gasteiger partial charge is 0.242 e. The van der Waals surface area contributed by atoms with E-state index in [9.17, 15) is 4.79 Å². The van der Waals surface area contributed by atoms with E-state index in [2.05, 4.69) is 0 Å². The summed E-state index contributed by atoms with van der Waals surface area (Å²) in [5.41, 5.74) is 6.78. The van der Waals surface area contributed by atoms with Gasteiger partial charge in [-0.1, -0.05) is 30.3 Å². The molecule has 1 aromatic carbocycles. The second kappa shape index (κ2) is 3.57. The van der Waals surface area contributed by atoms with E-state index >= 15 is 0 Å². The minimum absolute atomic E-state index is 0.0105. The first-order valence-corrected chi connectivity index (χ1v) is 5.51. The predicted molar refractivity (Wildman–Crippen MR) is 58.4 cm³/mol. The standard InChI is InChI=1S/C12H14N2O2/c13-10-6-9-7-16-12(14(9)11(10)15)8-4-2-1-3-5-8/h1-5,9-10,12H,6-7,13H2/t9?,10-,12+/m0/s1. The zero-order valence-electron chi connectivity index (χ0n) is 8.87. The molecule has 4 nitrogen and oxygen atoms in total. The Morgan fingerprint density at radius 2 is 2.06 bits per heavy atom. The molecule has 2 aliphatic rings. The normalized spacial score (nSPS) is 33.2. The van der Waals surface area contributed by atoms with Crippen LogP contribution in [0.25, 0.3) is 0 Å². The molecular weight excluding hydrogens is 204 g/mol. The van der Waals surface area contributed by atoms with Crippen molar-refractivity contribution in [3.63, 3.8) is 0 Å². The number of carbonyl (C=O) groups is 1. The highest BCUT2D eigenvalue weighted by atomic mass is 16.5. The lowest BCUT2D eigenvalue weighted by atomic mass is 10.2. The lowest BCUT2D eigenvalue weighted by molar-refractivity contribution is -0.135. The molecule has 1 aromatic rings. The van der Waals surface area contributed by atoms with Gasteiger partial charge in [-0.2, -0.15) is 0 Å². The Morgan fingerprint density at radius 1 is 1.31 bits per heavy atom. The summed E-state index contributed by atoms with van der Waals surface area (Å²) in [4.78, 5) is 13.7. The van der Waals surface area contributed by atoms with Gasteiger partial charge in [0.15, 0.2) is 6.23 Å². The average Bonchev–Trinajstić information content (AvgIpc) is 2.83. The number of hydrogen-bond acceptors (Lipinski definition) is 3. The minimum Gasteiger partial charge on any atom is -0.352 e. The van der Waals surface area contributed by atoms with E-state index in [-0.39, 0.29) is 24.2 Å². The monoisotopic (exact) mass is 218 g/mol. The highest BCUT2D eigenvalue weighted by Crippen LogP contribution is 2.36. The van der Waals surface area contributed by atoms with Gasteiger partial charge in [-0.15, -0.1) is 0 Å². The van der Waals surface area contributed by atoms with Crippen LogP contribution in [0.2, 0.25) is 0 Å². The van der Waals surface area contributed by atoms with Gasteiger partial charge in [0, 0.05) is 5.56 Å². The van der Waals surface area contributed by atoms with Crippen molar-refractivity contribution in [1.29, 1.82) is 0 Å². The Labute approximate surface area is 94.0 Å². The lowest BCUT2D eigenvalue weighted by Crippen LogP contribution is -2.36. The quantitative estimate of drug-likeness (QED) is 0.752. The molecule has 0 bridgehead atoms. The van der Waals surface area contributed by atoms with Crippen LogP contribution in [-0.4, -0.2) is 29.5 Å². The van der Waals surface area contributed by atoms with Crippen molar-refractivity contribution in [2.45, 2.75) is 24.7 Å². The summed E-state index contributed by atoms with van der Waals surface area (Å²) in [7, 11) is 0. The van der Waals surface area contributed by atoms with Gasteiger partial charge in [0.1, 0.15) is 0 Å².